The minimum Gasteiger partial charge on any atom is -0.477 e. The fourth-order valence-electron chi connectivity index (χ4n) is 3.48. The number of furan rings is 1. The minimum absolute atomic E-state index is 0.146. The lowest BCUT2D eigenvalue weighted by Gasteiger charge is -2.10. The number of benzene rings is 2. The van der Waals surface area contributed by atoms with Crippen LogP contribution < -0.4 is 5.32 Å². The van der Waals surface area contributed by atoms with Crippen LogP contribution in [0.25, 0.3) is 10.9 Å². The van der Waals surface area contributed by atoms with Gasteiger partial charge in [-0.15, -0.1) is 0 Å². The molecule has 0 saturated carbocycles. The molecule has 2 N–H and O–H groups in total. The summed E-state index contributed by atoms with van der Waals surface area (Å²) >= 11 is 0. The number of hydrogen-bond acceptors (Lipinski definition) is 3. The molecule has 0 amide bonds. The Morgan fingerprint density at radius 3 is 2.57 bits per heavy atom. The molecule has 0 aliphatic carbocycles. The van der Waals surface area contributed by atoms with Gasteiger partial charge < -0.3 is 19.4 Å². The molecule has 0 unspecified atom stereocenters. The van der Waals surface area contributed by atoms with E-state index in [1.165, 1.54) is 6.07 Å². The molecule has 0 spiro atoms. The maximum Gasteiger partial charge on any atom is 0.352 e. The van der Waals surface area contributed by atoms with Crippen molar-refractivity contribution in [3.63, 3.8) is 0 Å². The number of halogens is 1. The van der Waals surface area contributed by atoms with Gasteiger partial charge in [-0.2, -0.15) is 0 Å². The minimum atomic E-state index is -1.04. The number of hydrogen-bond donors (Lipinski definition) is 2. The zero-order chi connectivity index (χ0) is 19.5. The van der Waals surface area contributed by atoms with E-state index in [1.54, 1.807) is 35.1 Å². The van der Waals surface area contributed by atoms with E-state index in [0.29, 0.717) is 24.2 Å². The first-order valence-corrected chi connectivity index (χ1v) is 8.95. The summed E-state index contributed by atoms with van der Waals surface area (Å²) in [5, 5.41) is 14.0. The Morgan fingerprint density at radius 2 is 1.82 bits per heavy atom. The molecular formula is C22H19FN2O3. The van der Waals surface area contributed by atoms with Crippen molar-refractivity contribution >= 4 is 16.9 Å². The molecule has 0 saturated heterocycles. The van der Waals surface area contributed by atoms with Crippen molar-refractivity contribution in [3.8, 4) is 0 Å². The van der Waals surface area contributed by atoms with Crippen LogP contribution in [-0.4, -0.2) is 15.6 Å². The van der Waals surface area contributed by atoms with Gasteiger partial charge in [-0.25, -0.2) is 9.18 Å². The van der Waals surface area contributed by atoms with Crippen LogP contribution in [-0.2, 0) is 19.6 Å². The Balaban J connectivity index is 1.75. The van der Waals surface area contributed by atoms with Gasteiger partial charge in [-0.3, -0.25) is 0 Å². The third kappa shape index (κ3) is 3.42. The van der Waals surface area contributed by atoms with E-state index < -0.39 is 5.97 Å². The van der Waals surface area contributed by atoms with Crippen LogP contribution in [0, 0.1) is 5.82 Å². The number of para-hydroxylation sites is 1. The molecule has 0 bridgehead atoms. The summed E-state index contributed by atoms with van der Waals surface area (Å²) in [5.74, 6) is -0.622. The molecule has 4 rings (SSSR count). The Hall–Kier alpha value is -3.38. The fraction of sp³-hybridized carbons (Fsp3) is 0.136. The van der Waals surface area contributed by atoms with Crippen LogP contribution in [0.15, 0.2) is 71.3 Å². The summed E-state index contributed by atoms with van der Waals surface area (Å²) in [4.78, 5) is 12.1. The van der Waals surface area contributed by atoms with Gasteiger partial charge in [0.2, 0.25) is 0 Å². The molecule has 0 fully saturated rings. The maximum atomic E-state index is 14.2. The summed E-state index contributed by atoms with van der Waals surface area (Å²) in [6.07, 6.45) is 1.60. The van der Waals surface area contributed by atoms with Crippen LogP contribution in [0.1, 0.15) is 27.4 Å². The fourth-order valence-corrected chi connectivity index (χ4v) is 3.48. The van der Waals surface area contributed by atoms with Crippen LogP contribution in [0.4, 0.5) is 4.39 Å². The van der Waals surface area contributed by atoms with E-state index in [4.69, 9.17) is 4.42 Å². The molecule has 142 valence electrons. The SMILES string of the molecule is O=C(O)c1c(CNCc2ccco2)c2ccccc2n1Cc1ccccc1F. The predicted molar refractivity (Wildman–Crippen MR) is 104 cm³/mol. The second-order valence-corrected chi connectivity index (χ2v) is 6.51. The van der Waals surface area contributed by atoms with Crippen LogP contribution in [0.2, 0.25) is 0 Å². The van der Waals surface area contributed by atoms with Crippen molar-refractivity contribution in [1.82, 2.24) is 9.88 Å². The predicted octanol–water partition coefficient (Wildman–Crippen LogP) is 4.41. The Labute approximate surface area is 161 Å². The molecule has 0 aliphatic heterocycles. The second kappa shape index (κ2) is 7.70. The van der Waals surface area contributed by atoms with Gasteiger partial charge in [0.15, 0.2) is 0 Å². The summed E-state index contributed by atoms with van der Waals surface area (Å²) < 4.78 is 21.2. The van der Waals surface area contributed by atoms with E-state index in [2.05, 4.69) is 5.32 Å². The monoisotopic (exact) mass is 378 g/mol. The van der Waals surface area contributed by atoms with Gasteiger partial charge in [-0.1, -0.05) is 36.4 Å². The smallest absolute Gasteiger partial charge is 0.352 e. The Kier molecular flexibility index (Phi) is 4.95. The zero-order valence-electron chi connectivity index (χ0n) is 15.1. The molecular weight excluding hydrogens is 359 g/mol. The van der Waals surface area contributed by atoms with Gasteiger partial charge in [-0.05, 0) is 24.3 Å². The molecule has 5 nitrogen and oxygen atoms in total. The largest absolute Gasteiger partial charge is 0.477 e. The number of carboxylic acids is 1. The molecule has 0 radical (unpaired) electrons. The van der Waals surface area contributed by atoms with Gasteiger partial charge in [0.1, 0.15) is 17.3 Å². The molecule has 2 aromatic heterocycles. The number of aromatic nitrogens is 1. The van der Waals surface area contributed by atoms with E-state index in [9.17, 15) is 14.3 Å². The quantitative estimate of drug-likeness (QED) is 0.500. The van der Waals surface area contributed by atoms with Crippen molar-refractivity contribution in [1.29, 1.82) is 0 Å². The molecule has 4 aromatic rings. The normalized spacial score (nSPS) is 11.2. The van der Waals surface area contributed by atoms with Crippen LogP contribution in [0.5, 0.6) is 0 Å². The molecule has 6 heteroatoms. The topological polar surface area (TPSA) is 67.4 Å². The average Bonchev–Trinajstić information content (AvgIpc) is 3.31. The lowest BCUT2D eigenvalue weighted by Crippen LogP contribution is -2.17. The maximum absolute atomic E-state index is 14.2. The van der Waals surface area contributed by atoms with Crippen LogP contribution in [0.3, 0.4) is 0 Å². The molecule has 2 aromatic carbocycles. The first-order valence-electron chi connectivity index (χ1n) is 8.95. The van der Waals surface area contributed by atoms with Crippen molar-refractivity contribution in [2.45, 2.75) is 19.6 Å². The van der Waals surface area contributed by atoms with Crippen molar-refractivity contribution < 1.29 is 18.7 Å². The third-order valence-electron chi connectivity index (χ3n) is 4.75. The standard InChI is InChI=1S/C22H19FN2O3/c23-19-9-3-1-6-15(19)14-25-20-10-4-2-8-17(20)18(21(25)22(26)27)13-24-12-16-7-5-11-28-16/h1-11,24H,12-14H2,(H,26,27). The highest BCUT2D eigenvalue weighted by Gasteiger charge is 2.22. The number of aromatic carboxylic acids is 1. The Bertz CT molecular complexity index is 1120. The van der Waals surface area contributed by atoms with E-state index in [1.807, 2.05) is 30.3 Å². The lowest BCUT2D eigenvalue weighted by molar-refractivity contribution is 0.0684. The molecule has 0 aliphatic rings. The summed E-state index contributed by atoms with van der Waals surface area (Å²) in [6.45, 7) is 0.985. The number of fused-ring (bicyclic) bond motifs is 1. The first-order chi connectivity index (χ1) is 13.6. The van der Waals surface area contributed by atoms with Gasteiger partial charge in [0, 0.05) is 28.6 Å². The second-order valence-electron chi connectivity index (χ2n) is 6.51. The highest BCUT2D eigenvalue weighted by molar-refractivity contribution is 5.98. The number of rotatable bonds is 7. The van der Waals surface area contributed by atoms with E-state index >= 15 is 0 Å². The Morgan fingerprint density at radius 1 is 1.04 bits per heavy atom. The molecule has 0 atom stereocenters. The zero-order valence-corrected chi connectivity index (χ0v) is 15.1. The van der Waals surface area contributed by atoms with Crippen molar-refractivity contribution in [2.75, 3.05) is 0 Å². The highest BCUT2D eigenvalue weighted by Crippen LogP contribution is 2.28. The summed E-state index contributed by atoms with van der Waals surface area (Å²) in [6, 6.07) is 17.6. The lowest BCUT2D eigenvalue weighted by atomic mass is 10.1. The third-order valence-corrected chi connectivity index (χ3v) is 4.75. The summed E-state index contributed by atoms with van der Waals surface area (Å²) in [7, 11) is 0. The van der Waals surface area contributed by atoms with Gasteiger partial charge >= 0.3 is 5.97 Å². The van der Waals surface area contributed by atoms with Crippen LogP contribution >= 0.6 is 0 Å². The van der Waals surface area contributed by atoms with E-state index in [0.717, 1.165) is 16.7 Å². The highest BCUT2D eigenvalue weighted by atomic mass is 19.1. The van der Waals surface area contributed by atoms with Crippen molar-refractivity contribution in [3.05, 3.63) is 95.3 Å². The number of nitrogens with one attached hydrogen (secondary N) is 1. The number of carbonyl (C=O) groups is 1. The molecule has 2 heterocycles. The van der Waals surface area contributed by atoms with Gasteiger partial charge in [0.25, 0.3) is 0 Å². The van der Waals surface area contributed by atoms with Crippen molar-refractivity contribution in [2.24, 2.45) is 0 Å². The average molecular weight is 378 g/mol. The van der Waals surface area contributed by atoms with E-state index in [-0.39, 0.29) is 18.1 Å². The molecule has 28 heavy (non-hydrogen) atoms. The number of carboxylic acid groups (broad SMARTS) is 1. The summed E-state index contributed by atoms with van der Waals surface area (Å²) in [5.41, 5.74) is 2.04. The number of nitrogens with zero attached hydrogens (tertiary/aromatic N) is 1. The first kappa shape index (κ1) is 18.0. The van der Waals surface area contributed by atoms with Gasteiger partial charge in [0.05, 0.1) is 19.4 Å².